The first-order valence-electron chi connectivity index (χ1n) is 4.78. The average Bonchev–Trinajstić information content (AvgIpc) is 2.27. The Kier molecular flexibility index (Phi) is 4.15. The molecule has 0 amide bonds. The van der Waals surface area contributed by atoms with E-state index in [1.807, 2.05) is 0 Å². The number of rotatable bonds is 4. The fourth-order valence-electron chi connectivity index (χ4n) is 1.17. The van der Waals surface area contributed by atoms with Crippen LogP contribution in [-0.4, -0.2) is 18.8 Å². The van der Waals surface area contributed by atoms with Gasteiger partial charge in [-0.1, -0.05) is 0 Å². The molecule has 0 spiro atoms. The van der Waals surface area contributed by atoms with E-state index in [-0.39, 0.29) is 11.3 Å². The van der Waals surface area contributed by atoms with Crippen LogP contribution in [0.4, 0.5) is 18.9 Å². The third-order valence-electron chi connectivity index (χ3n) is 2.13. The molecule has 0 bridgehead atoms. The topological polar surface area (TPSA) is 86.5 Å². The zero-order valence-electron chi connectivity index (χ0n) is 9.42. The van der Waals surface area contributed by atoms with Crippen molar-refractivity contribution in [3.63, 3.8) is 0 Å². The van der Waals surface area contributed by atoms with Crippen LogP contribution in [0.1, 0.15) is 18.6 Å². The molecule has 106 valence electrons. The van der Waals surface area contributed by atoms with Crippen molar-refractivity contribution in [2.24, 2.45) is 0 Å². The van der Waals surface area contributed by atoms with E-state index in [2.05, 4.69) is 4.18 Å². The zero-order chi connectivity index (χ0) is 14.8. The summed E-state index contributed by atoms with van der Waals surface area (Å²) in [5.74, 6) is 0. The van der Waals surface area contributed by atoms with Crippen LogP contribution in [0, 0.1) is 10.1 Å². The van der Waals surface area contributed by atoms with Crippen LogP contribution in [0.25, 0.3) is 0 Å². The molecule has 0 heterocycles. The van der Waals surface area contributed by atoms with Crippen molar-refractivity contribution in [1.29, 1.82) is 0 Å². The Balaban J connectivity index is 2.91. The van der Waals surface area contributed by atoms with E-state index < -0.39 is 26.7 Å². The van der Waals surface area contributed by atoms with Crippen molar-refractivity contribution in [3.05, 3.63) is 39.9 Å². The molecular formula is C9H8F3NO5S. The number of nitrogens with zero attached hydrogens (tertiary/aromatic N) is 1. The summed E-state index contributed by atoms with van der Waals surface area (Å²) in [6, 6.07) is 4.31. The number of halogens is 3. The molecule has 6 nitrogen and oxygen atoms in total. The molecule has 0 aromatic heterocycles. The highest BCUT2D eigenvalue weighted by Crippen LogP contribution is 2.30. The molecular weight excluding hydrogens is 291 g/mol. The maximum absolute atomic E-state index is 12.1. The van der Waals surface area contributed by atoms with Crippen LogP contribution >= 0.6 is 0 Å². The Labute approximate surface area is 106 Å². The largest absolute Gasteiger partial charge is 0.523 e. The number of hydrogen-bond donors (Lipinski definition) is 0. The van der Waals surface area contributed by atoms with Crippen molar-refractivity contribution in [2.45, 2.75) is 18.5 Å². The molecule has 1 atom stereocenters. The summed E-state index contributed by atoms with van der Waals surface area (Å²) >= 11 is 0. The van der Waals surface area contributed by atoms with Gasteiger partial charge in [-0.3, -0.25) is 14.3 Å². The van der Waals surface area contributed by atoms with E-state index in [4.69, 9.17) is 0 Å². The summed E-state index contributed by atoms with van der Waals surface area (Å²) in [5.41, 5.74) is -5.71. The van der Waals surface area contributed by atoms with Crippen LogP contribution in [-0.2, 0) is 14.3 Å². The van der Waals surface area contributed by atoms with Crippen LogP contribution < -0.4 is 0 Å². The molecule has 0 aliphatic carbocycles. The molecule has 1 unspecified atom stereocenters. The number of nitro groups is 1. The highest BCUT2D eigenvalue weighted by molar-refractivity contribution is 7.87. The van der Waals surface area contributed by atoms with Crippen LogP contribution in [0.2, 0.25) is 0 Å². The minimum atomic E-state index is -5.71. The number of hydrogen-bond acceptors (Lipinski definition) is 5. The Hall–Kier alpha value is -1.68. The maximum Gasteiger partial charge on any atom is 0.523 e. The number of benzene rings is 1. The van der Waals surface area contributed by atoms with Gasteiger partial charge in [-0.25, -0.2) is 0 Å². The molecule has 0 N–H and O–H groups in total. The van der Waals surface area contributed by atoms with Gasteiger partial charge in [0.1, 0.15) is 0 Å². The number of nitro benzene ring substituents is 1. The number of alkyl halides is 3. The van der Waals surface area contributed by atoms with Gasteiger partial charge in [0.15, 0.2) is 0 Å². The third kappa shape index (κ3) is 3.64. The van der Waals surface area contributed by atoms with Gasteiger partial charge in [0.2, 0.25) is 0 Å². The third-order valence-corrected chi connectivity index (χ3v) is 3.24. The van der Waals surface area contributed by atoms with Gasteiger partial charge in [-0.05, 0) is 24.6 Å². The highest BCUT2D eigenvalue weighted by Gasteiger charge is 2.48. The van der Waals surface area contributed by atoms with Crippen molar-refractivity contribution in [2.75, 3.05) is 0 Å². The van der Waals surface area contributed by atoms with E-state index >= 15 is 0 Å². The summed E-state index contributed by atoms with van der Waals surface area (Å²) in [6.45, 7) is 1.09. The molecule has 0 saturated carbocycles. The predicted octanol–water partition coefficient (Wildman–Crippen LogP) is 2.52. The SMILES string of the molecule is CC(OS(=O)(=O)C(F)(F)F)c1ccc([N+](=O)[O-])cc1. The van der Waals surface area contributed by atoms with E-state index in [1.165, 1.54) is 0 Å². The minimum absolute atomic E-state index is 0.0680. The molecule has 1 aromatic rings. The predicted molar refractivity (Wildman–Crippen MR) is 57.6 cm³/mol. The standard InChI is InChI=1S/C9H8F3NO5S/c1-6(18-19(16,17)9(10,11)12)7-2-4-8(5-3-7)13(14)15/h2-6H,1H3. The van der Waals surface area contributed by atoms with Crippen molar-refractivity contribution in [3.8, 4) is 0 Å². The highest BCUT2D eigenvalue weighted by atomic mass is 32.2. The molecule has 0 aliphatic heterocycles. The second-order valence-electron chi connectivity index (χ2n) is 3.49. The average molecular weight is 299 g/mol. The van der Waals surface area contributed by atoms with Crippen molar-refractivity contribution >= 4 is 15.8 Å². The Morgan fingerprint density at radius 3 is 2.11 bits per heavy atom. The smallest absolute Gasteiger partial charge is 0.258 e. The number of non-ortho nitro benzene ring substituents is 1. The first-order chi connectivity index (χ1) is 8.54. The Morgan fingerprint density at radius 1 is 1.26 bits per heavy atom. The lowest BCUT2D eigenvalue weighted by Gasteiger charge is -2.14. The second-order valence-corrected chi connectivity index (χ2v) is 5.05. The lowest BCUT2D eigenvalue weighted by molar-refractivity contribution is -0.384. The molecule has 1 rings (SSSR count). The van der Waals surface area contributed by atoms with E-state index in [0.717, 1.165) is 31.2 Å². The molecule has 19 heavy (non-hydrogen) atoms. The summed E-state index contributed by atoms with van der Waals surface area (Å²) in [7, 11) is -5.71. The van der Waals surface area contributed by atoms with Crippen molar-refractivity contribution in [1.82, 2.24) is 0 Å². The van der Waals surface area contributed by atoms with Gasteiger partial charge in [-0.15, -0.1) is 0 Å². The van der Waals surface area contributed by atoms with E-state index in [9.17, 15) is 31.7 Å². The lowest BCUT2D eigenvalue weighted by Crippen LogP contribution is -2.26. The first kappa shape index (κ1) is 15.4. The minimum Gasteiger partial charge on any atom is -0.258 e. The van der Waals surface area contributed by atoms with Crippen LogP contribution in [0.5, 0.6) is 0 Å². The van der Waals surface area contributed by atoms with Gasteiger partial charge in [0.25, 0.3) is 5.69 Å². The van der Waals surface area contributed by atoms with Crippen LogP contribution in [0.3, 0.4) is 0 Å². The zero-order valence-corrected chi connectivity index (χ0v) is 10.2. The van der Waals surface area contributed by atoms with Gasteiger partial charge in [-0.2, -0.15) is 21.6 Å². The Morgan fingerprint density at radius 2 is 1.74 bits per heavy atom. The molecule has 10 heteroatoms. The summed E-state index contributed by atoms with van der Waals surface area (Å²) in [6.07, 6.45) is -1.41. The molecule has 0 aliphatic rings. The van der Waals surface area contributed by atoms with Gasteiger partial charge < -0.3 is 0 Å². The normalized spacial score (nSPS) is 14.1. The van der Waals surface area contributed by atoms with Crippen molar-refractivity contribution < 1.29 is 30.7 Å². The van der Waals surface area contributed by atoms with Gasteiger partial charge in [0, 0.05) is 12.1 Å². The van der Waals surface area contributed by atoms with Gasteiger partial charge in [0.05, 0.1) is 11.0 Å². The van der Waals surface area contributed by atoms with E-state index in [1.54, 1.807) is 0 Å². The molecule has 0 radical (unpaired) electrons. The molecule has 0 fully saturated rings. The molecule has 0 saturated heterocycles. The lowest BCUT2D eigenvalue weighted by atomic mass is 10.1. The second kappa shape index (κ2) is 5.13. The summed E-state index contributed by atoms with van der Waals surface area (Å²) < 4.78 is 61.7. The van der Waals surface area contributed by atoms with E-state index in [0.29, 0.717) is 0 Å². The first-order valence-corrected chi connectivity index (χ1v) is 6.19. The van der Waals surface area contributed by atoms with Gasteiger partial charge >= 0.3 is 15.6 Å². The summed E-state index contributed by atoms with van der Waals surface area (Å²) in [4.78, 5) is 9.68. The maximum atomic E-state index is 12.1. The monoisotopic (exact) mass is 299 g/mol. The molecule has 1 aromatic carbocycles. The van der Waals surface area contributed by atoms with Crippen LogP contribution in [0.15, 0.2) is 24.3 Å². The quantitative estimate of drug-likeness (QED) is 0.369. The Bertz CT molecular complexity index is 567. The summed E-state index contributed by atoms with van der Waals surface area (Å²) in [5, 5.41) is 10.4. The fraction of sp³-hybridized carbons (Fsp3) is 0.333. The fourth-order valence-corrected chi connectivity index (χ4v) is 1.77.